The molecule has 0 saturated heterocycles. The molecule has 4 rings (SSSR count). The summed E-state index contributed by atoms with van der Waals surface area (Å²) in [6.07, 6.45) is 5.90. The molecule has 1 aliphatic rings. The lowest BCUT2D eigenvalue weighted by molar-refractivity contribution is -0.116. The fourth-order valence-electron chi connectivity index (χ4n) is 3.40. The molecule has 0 radical (unpaired) electrons. The molecule has 1 amide bonds. The van der Waals surface area contributed by atoms with Gasteiger partial charge >= 0.3 is 0 Å². The molecule has 0 spiro atoms. The Kier molecular flexibility index (Phi) is 4.02. The predicted octanol–water partition coefficient (Wildman–Crippen LogP) is 4.23. The van der Waals surface area contributed by atoms with Crippen LogP contribution in [0.5, 0.6) is 0 Å². The van der Waals surface area contributed by atoms with Crippen LogP contribution in [-0.2, 0) is 24.2 Å². The summed E-state index contributed by atoms with van der Waals surface area (Å²) in [6, 6.07) is 8.54. The number of hydrogen-bond donors (Lipinski definition) is 1. The quantitative estimate of drug-likeness (QED) is 0.766. The molecule has 1 aliphatic carbocycles. The van der Waals surface area contributed by atoms with Crippen molar-refractivity contribution in [2.24, 2.45) is 0 Å². The van der Waals surface area contributed by atoms with Gasteiger partial charge in [0, 0.05) is 22.0 Å². The maximum atomic E-state index is 13.3. The van der Waals surface area contributed by atoms with Crippen molar-refractivity contribution in [3.63, 3.8) is 0 Å². The zero-order valence-corrected chi connectivity index (χ0v) is 14.3. The highest BCUT2D eigenvalue weighted by Gasteiger charge is 2.21. The van der Waals surface area contributed by atoms with Crippen molar-refractivity contribution in [3.05, 3.63) is 52.3 Å². The molecule has 1 N–H and O–H groups in total. The third kappa shape index (κ3) is 2.92. The van der Waals surface area contributed by atoms with Gasteiger partial charge in [0.2, 0.25) is 5.91 Å². The number of fused-ring (bicyclic) bond motifs is 2. The Labute approximate surface area is 148 Å². The van der Waals surface area contributed by atoms with Gasteiger partial charge in [-0.15, -0.1) is 11.3 Å². The van der Waals surface area contributed by atoms with E-state index in [1.54, 1.807) is 22.9 Å². The van der Waals surface area contributed by atoms with Crippen molar-refractivity contribution in [2.75, 3.05) is 5.32 Å². The molecule has 0 atom stereocenters. The smallest absolute Gasteiger partial charge is 0.244 e. The fraction of sp³-hybridized carbons (Fsp3) is 0.263. The van der Waals surface area contributed by atoms with Crippen molar-refractivity contribution in [2.45, 2.75) is 32.2 Å². The number of nitrogens with zero attached hydrogens (tertiary/aromatic N) is 2. The number of benzene rings is 1. The monoisotopic (exact) mass is 353 g/mol. The van der Waals surface area contributed by atoms with E-state index in [-0.39, 0.29) is 18.3 Å². The van der Waals surface area contributed by atoms with Crippen LogP contribution in [0.25, 0.3) is 10.9 Å². The molecular formula is C19H16FN3OS. The predicted molar refractivity (Wildman–Crippen MR) is 96.2 cm³/mol. The Morgan fingerprint density at radius 1 is 1.32 bits per heavy atom. The Balaban J connectivity index is 1.56. The lowest BCUT2D eigenvalue weighted by Crippen LogP contribution is -2.18. The van der Waals surface area contributed by atoms with Crippen molar-refractivity contribution < 1.29 is 9.18 Å². The van der Waals surface area contributed by atoms with E-state index in [1.165, 1.54) is 28.3 Å². The van der Waals surface area contributed by atoms with E-state index in [1.807, 2.05) is 0 Å². The maximum Gasteiger partial charge on any atom is 0.244 e. The van der Waals surface area contributed by atoms with Crippen LogP contribution in [0.1, 0.15) is 28.8 Å². The first-order valence-electron chi connectivity index (χ1n) is 8.24. The number of aryl methyl sites for hydroxylation is 1. The van der Waals surface area contributed by atoms with Gasteiger partial charge in [-0.1, -0.05) is 0 Å². The maximum absolute atomic E-state index is 13.3. The molecule has 6 heteroatoms. The van der Waals surface area contributed by atoms with E-state index in [2.05, 4.69) is 11.4 Å². The number of nitriles is 1. The molecule has 25 heavy (non-hydrogen) atoms. The van der Waals surface area contributed by atoms with Crippen LogP contribution in [0, 0.1) is 17.1 Å². The lowest BCUT2D eigenvalue weighted by atomic mass is 9.96. The van der Waals surface area contributed by atoms with Crippen molar-refractivity contribution in [1.29, 1.82) is 5.26 Å². The van der Waals surface area contributed by atoms with Crippen LogP contribution in [0.15, 0.2) is 30.5 Å². The number of hydrogen-bond acceptors (Lipinski definition) is 3. The summed E-state index contributed by atoms with van der Waals surface area (Å²) in [7, 11) is 0. The second kappa shape index (κ2) is 6.34. The summed E-state index contributed by atoms with van der Waals surface area (Å²) in [5.41, 5.74) is 2.53. The Hall–Kier alpha value is -2.65. The number of amides is 1. The first-order valence-corrected chi connectivity index (χ1v) is 9.06. The van der Waals surface area contributed by atoms with E-state index < -0.39 is 0 Å². The number of nitrogens with one attached hydrogen (secondary N) is 1. The van der Waals surface area contributed by atoms with Crippen LogP contribution in [-0.4, -0.2) is 10.5 Å². The topological polar surface area (TPSA) is 57.8 Å². The van der Waals surface area contributed by atoms with Gasteiger partial charge in [0.05, 0.1) is 5.56 Å². The summed E-state index contributed by atoms with van der Waals surface area (Å²) in [5, 5.41) is 13.8. The van der Waals surface area contributed by atoms with Crippen LogP contribution in [0.3, 0.4) is 0 Å². The average Bonchev–Trinajstić information content (AvgIpc) is 3.15. The number of anilines is 1. The van der Waals surface area contributed by atoms with E-state index in [4.69, 9.17) is 0 Å². The van der Waals surface area contributed by atoms with Gasteiger partial charge in [-0.3, -0.25) is 4.79 Å². The summed E-state index contributed by atoms with van der Waals surface area (Å²) < 4.78 is 15.1. The van der Waals surface area contributed by atoms with Crippen LogP contribution in [0.4, 0.5) is 9.39 Å². The molecule has 2 aromatic heterocycles. The second-order valence-corrected chi connectivity index (χ2v) is 7.33. The van der Waals surface area contributed by atoms with Crippen LogP contribution < -0.4 is 5.32 Å². The highest BCUT2D eigenvalue weighted by atomic mass is 32.1. The van der Waals surface area contributed by atoms with Gasteiger partial charge in [0.25, 0.3) is 0 Å². The normalized spacial score (nSPS) is 13.4. The minimum Gasteiger partial charge on any atom is -0.338 e. The highest BCUT2D eigenvalue weighted by molar-refractivity contribution is 7.16. The molecule has 3 aromatic rings. The summed E-state index contributed by atoms with van der Waals surface area (Å²) in [4.78, 5) is 13.7. The van der Waals surface area contributed by atoms with Crippen molar-refractivity contribution in [1.82, 2.24) is 4.57 Å². The zero-order valence-electron chi connectivity index (χ0n) is 13.5. The number of carbonyl (C=O) groups is 1. The molecule has 0 bridgehead atoms. The molecule has 0 fully saturated rings. The first kappa shape index (κ1) is 15.9. The van der Waals surface area contributed by atoms with Crippen molar-refractivity contribution >= 4 is 33.1 Å². The molecule has 0 saturated carbocycles. The van der Waals surface area contributed by atoms with Gasteiger partial charge in [-0.25, -0.2) is 4.39 Å². The second-order valence-electron chi connectivity index (χ2n) is 6.22. The molecule has 1 aromatic carbocycles. The SMILES string of the molecule is N#Cc1c(NC(=O)Cn2ccc3cc(F)ccc32)sc2c1CCCC2. The number of aromatic nitrogens is 1. The minimum atomic E-state index is -0.294. The van der Waals surface area contributed by atoms with Crippen molar-refractivity contribution in [3.8, 4) is 6.07 Å². The molecule has 0 unspecified atom stereocenters. The summed E-state index contributed by atoms with van der Waals surface area (Å²) in [5.74, 6) is -0.477. The lowest BCUT2D eigenvalue weighted by Gasteiger charge is -2.09. The third-order valence-corrected chi connectivity index (χ3v) is 5.79. The van der Waals surface area contributed by atoms with Gasteiger partial charge < -0.3 is 9.88 Å². The largest absolute Gasteiger partial charge is 0.338 e. The standard InChI is InChI=1S/C19H16FN3OS/c20-13-5-6-16-12(9-13)7-8-23(16)11-18(24)22-19-15(10-21)14-3-1-2-4-17(14)25-19/h5-9H,1-4,11H2,(H,22,24). The zero-order chi connectivity index (χ0) is 17.4. The van der Waals surface area contributed by atoms with Gasteiger partial charge in [-0.2, -0.15) is 5.26 Å². The molecule has 2 heterocycles. The highest BCUT2D eigenvalue weighted by Crippen LogP contribution is 2.37. The summed E-state index contributed by atoms with van der Waals surface area (Å²) >= 11 is 1.52. The Bertz CT molecular complexity index is 1010. The van der Waals surface area contributed by atoms with Gasteiger partial charge in [0.1, 0.15) is 23.4 Å². The fourth-order valence-corrected chi connectivity index (χ4v) is 4.66. The summed E-state index contributed by atoms with van der Waals surface area (Å²) in [6.45, 7) is 0.128. The van der Waals surface area contributed by atoms with Gasteiger partial charge in [-0.05, 0) is 55.5 Å². The van der Waals surface area contributed by atoms with E-state index in [0.717, 1.165) is 42.1 Å². The van der Waals surface area contributed by atoms with E-state index in [0.29, 0.717) is 10.6 Å². The van der Waals surface area contributed by atoms with E-state index >= 15 is 0 Å². The third-order valence-electron chi connectivity index (χ3n) is 4.58. The van der Waals surface area contributed by atoms with Crippen LogP contribution in [0.2, 0.25) is 0 Å². The Morgan fingerprint density at radius 3 is 3.00 bits per heavy atom. The minimum absolute atomic E-state index is 0.128. The molecular weight excluding hydrogens is 337 g/mol. The number of halogens is 1. The Morgan fingerprint density at radius 2 is 2.16 bits per heavy atom. The molecule has 126 valence electrons. The van der Waals surface area contributed by atoms with Gasteiger partial charge in [0.15, 0.2) is 0 Å². The van der Waals surface area contributed by atoms with E-state index in [9.17, 15) is 14.4 Å². The molecule has 0 aliphatic heterocycles. The average molecular weight is 353 g/mol. The van der Waals surface area contributed by atoms with Crippen LogP contribution >= 0.6 is 11.3 Å². The molecule has 4 nitrogen and oxygen atoms in total. The first-order chi connectivity index (χ1) is 12.2. The number of carbonyl (C=O) groups excluding carboxylic acids is 1. The number of rotatable bonds is 3. The number of thiophene rings is 1.